The largest absolute Gasteiger partial charge is 0.472 e. The van der Waals surface area contributed by atoms with Crippen molar-refractivity contribution in [1.82, 2.24) is 35.5 Å². The molecule has 2 aliphatic rings. The lowest BCUT2D eigenvalue weighted by Crippen LogP contribution is -2.26. The van der Waals surface area contributed by atoms with Crippen molar-refractivity contribution >= 4 is 45.3 Å². The van der Waals surface area contributed by atoms with Crippen LogP contribution in [0.2, 0.25) is 5.15 Å². The maximum absolute atomic E-state index is 13.3. The van der Waals surface area contributed by atoms with E-state index in [2.05, 4.69) is 52.2 Å². The number of aryl methyl sites for hydroxylation is 1. The molecular weight excluding hydrogens is 576 g/mol. The van der Waals surface area contributed by atoms with Gasteiger partial charge in [0.25, 0.3) is 17.8 Å². The van der Waals surface area contributed by atoms with Crippen LogP contribution in [0.15, 0.2) is 51.7 Å². The van der Waals surface area contributed by atoms with Crippen molar-refractivity contribution in [3.8, 4) is 22.3 Å². The molecule has 0 saturated carbocycles. The molecule has 0 radical (unpaired) electrons. The van der Waals surface area contributed by atoms with Gasteiger partial charge in [-0.2, -0.15) is 5.21 Å². The lowest BCUT2D eigenvalue weighted by atomic mass is 9.97. The highest BCUT2D eigenvalue weighted by Crippen LogP contribution is 2.47. The third-order valence-electron chi connectivity index (χ3n) is 6.07. The van der Waals surface area contributed by atoms with E-state index in [1.165, 1.54) is 0 Å². The van der Waals surface area contributed by atoms with Crippen LogP contribution in [-0.4, -0.2) is 48.5 Å². The highest BCUT2D eigenvalue weighted by molar-refractivity contribution is 9.10. The standard InChI is InChI=1S/C25H22BrClN8O3/c1-3-18-29-22(27)21(24(37)28-4-2)35(18)11-16-13-9-10-38-12-17(13)20(26)19(16)14-7-5-6-8-15(14)23(36)30-25-31-33-34-32-25/h5-10,12H,3-4,11H2,1-2H3,(H,28,37)(H2,30,31,32,33,34,36). The number of aromatic amines is 1. The van der Waals surface area contributed by atoms with Crippen molar-refractivity contribution in [3.05, 3.63) is 75.1 Å². The van der Waals surface area contributed by atoms with Crippen LogP contribution in [0.1, 0.15) is 46.1 Å². The molecule has 0 spiro atoms. The number of fused-ring (bicyclic) bond motifs is 1. The maximum Gasteiger partial charge on any atom is 0.271 e. The van der Waals surface area contributed by atoms with Gasteiger partial charge in [0.1, 0.15) is 11.5 Å². The number of H-pyrrole nitrogens is 1. The third-order valence-corrected chi connectivity index (χ3v) is 7.16. The van der Waals surface area contributed by atoms with Crippen molar-refractivity contribution in [1.29, 1.82) is 0 Å². The fourth-order valence-electron chi connectivity index (χ4n) is 4.46. The Bertz CT molecular complexity index is 1590. The predicted octanol–water partition coefficient (Wildman–Crippen LogP) is 4.79. The molecule has 0 unspecified atom stereocenters. The van der Waals surface area contributed by atoms with E-state index in [1.807, 2.05) is 36.6 Å². The number of halogens is 2. The van der Waals surface area contributed by atoms with Gasteiger partial charge in [-0.1, -0.05) is 41.8 Å². The Morgan fingerprint density at radius 3 is 2.68 bits per heavy atom. The minimum absolute atomic E-state index is 0.0581. The Morgan fingerprint density at radius 2 is 1.95 bits per heavy atom. The van der Waals surface area contributed by atoms with Gasteiger partial charge in [0.15, 0.2) is 5.15 Å². The molecule has 0 saturated heterocycles. The van der Waals surface area contributed by atoms with Crippen molar-refractivity contribution in [2.24, 2.45) is 0 Å². The normalized spacial score (nSPS) is 11.2. The average Bonchev–Trinajstić information content (AvgIpc) is 3.61. The molecule has 2 aromatic heterocycles. The minimum atomic E-state index is -0.405. The number of tetrazole rings is 1. The number of aromatic nitrogens is 6. The fraction of sp³-hybridized carbons (Fsp3) is 0.200. The first-order chi connectivity index (χ1) is 18.4. The van der Waals surface area contributed by atoms with Gasteiger partial charge in [-0.15, -0.1) is 5.10 Å². The van der Waals surface area contributed by atoms with Gasteiger partial charge in [0.05, 0.1) is 19.1 Å². The first-order valence-corrected chi connectivity index (χ1v) is 12.9. The average molecular weight is 598 g/mol. The SMILES string of the molecule is CCNC(=O)c1c(Cl)nc(CC)n1Cc1c2ccocc-2c(Br)c1-c1ccccc1C(=O)Nc1nn[nH]n1. The molecule has 1 aliphatic carbocycles. The van der Waals surface area contributed by atoms with Crippen molar-refractivity contribution in [2.45, 2.75) is 26.8 Å². The summed E-state index contributed by atoms with van der Waals surface area (Å²) in [5.74, 6) is 0.00741. The number of nitrogens with zero attached hydrogens (tertiary/aromatic N) is 5. The number of benzene rings is 1. The van der Waals surface area contributed by atoms with Gasteiger partial charge in [-0.05, 0) is 56.9 Å². The summed E-state index contributed by atoms with van der Waals surface area (Å²) >= 11 is 10.2. The van der Waals surface area contributed by atoms with E-state index in [0.29, 0.717) is 29.9 Å². The molecule has 194 valence electrons. The van der Waals surface area contributed by atoms with Crippen molar-refractivity contribution in [3.63, 3.8) is 0 Å². The first-order valence-electron chi connectivity index (χ1n) is 11.8. The summed E-state index contributed by atoms with van der Waals surface area (Å²) in [6, 6.07) is 9.06. The van der Waals surface area contributed by atoms with Crippen LogP contribution in [0, 0.1) is 0 Å². The number of rotatable bonds is 8. The second-order valence-corrected chi connectivity index (χ2v) is 9.40. The van der Waals surface area contributed by atoms with E-state index in [4.69, 9.17) is 16.0 Å². The maximum atomic E-state index is 13.3. The van der Waals surface area contributed by atoms with Crippen LogP contribution in [0.3, 0.4) is 0 Å². The molecule has 1 aromatic carbocycles. The second-order valence-electron chi connectivity index (χ2n) is 8.25. The number of amides is 2. The van der Waals surface area contributed by atoms with E-state index in [9.17, 15) is 9.59 Å². The van der Waals surface area contributed by atoms with Crippen molar-refractivity contribution < 1.29 is 14.0 Å². The highest BCUT2D eigenvalue weighted by Gasteiger charge is 2.29. The number of carbonyl (C=O) groups is 2. The fourth-order valence-corrected chi connectivity index (χ4v) is 5.50. The second kappa shape index (κ2) is 10.8. The van der Waals surface area contributed by atoms with Gasteiger partial charge in [0.2, 0.25) is 0 Å². The number of nitrogens with one attached hydrogen (secondary N) is 3. The van der Waals surface area contributed by atoms with Gasteiger partial charge in [0, 0.05) is 34.1 Å². The molecule has 0 bridgehead atoms. The number of carbonyl (C=O) groups excluding carboxylic acids is 2. The summed E-state index contributed by atoms with van der Waals surface area (Å²) in [4.78, 5) is 30.7. The Kier molecular flexibility index (Phi) is 7.25. The summed E-state index contributed by atoms with van der Waals surface area (Å²) < 4.78 is 8.05. The Balaban J connectivity index is 1.70. The zero-order chi connectivity index (χ0) is 26.8. The monoisotopic (exact) mass is 596 g/mol. The van der Waals surface area contributed by atoms with Crippen molar-refractivity contribution in [2.75, 3.05) is 11.9 Å². The Hall–Kier alpha value is -4.03. The summed E-state index contributed by atoms with van der Waals surface area (Å²) in [5.41, 5.74) is 4.68. The molecule has 38 heavy (non-hydrogen) atoms. The number of hydrogen-bond acceptors (Lipinski definition) is 7. The number of imidazole rings is 1. The van der Waals surface area contributed by atoms with Crippen LogP contribution < -0.4 is 10.6 Å². The molecule has 11 nitrogen and oxygen atoms in total. The number of anilines is 1. The van der Waals surface area contributed by atoms with E-state index >= 15 is 0 Å². The van der Waals surface area contributed by atoms with Crippen LogP contribution in [0.25, 0.3) is 22.3 Å². The van der Waals surface area contributed by atoms with E-state index in [0.717, 1.165) is 26.7 Å². The van der Waals surface area contributed by atoms with Crippen LogP contribution in [0.5, 0.6) is 0 Å². The molecule has 3 heterocycles. The molecule has 2 amide bonds. The van der Waals surface area contributed by atoms with Crippen LogP contribution in [-0.2, 0) is 13.0 Å². The molecule has 3 N–H and O–H groups in total. The topological polar surface area (TPSA) is 144 Å². The first kappa shape index (κ1) is 25.6. The summed E-state index contributed by atoms with van der Waals surface area (Å²) in [7, 11) is 0. The molecule has 0 fully saturated rings. The van der Waals surface area contributed by atoms with Gasteiger partial charge in [-0.25, -0.2) is 4.98 Å². The van der Waals surface area contributed by atoms with Gasteiger partial charge in [-0.3, -0.25) is 14.9 Å². The van der Waals surface area contributed by atoms with E-state index in [-0.39, 0.29) is 29.2 Å². The third kappa shape index (κ3) is 4.56. The van der Waals surface area contributed by atoms with Crippen LogP contribution >= 0.6 is 27.5 Å². The molecule has 0 atom stereocenters. The predicted molar refractivity (Wildman–Crippen MR) is 144 cm³/mol. The highest BCUT2D eigenvalue weighted by atomic mass is 79.9. The van der Waals surface area contributed by atoms with E-state index in [1.54, 1.807) is 24.7 Å². The van der Waals surface area contributed by atoms with E-state index < -0.39 is 5.91 Å². The minimum Gasteiger partial charge on any atom is -0.472 e. The summed E-state index contributed by atoms with van der Waals surface area (Å²) in [6.07, 6.45) is 3.79. The molecular formula is C25H22BrClN8O3. The zero-order valence-corrected chi connectivity index (χ0v) is 22.7. The molecule has 5 rings (SSSR count). The van der Waals surface area contributed by atoms with Gasteiger partial charge < -0.3 is 14.3 Å². The van der Waals surface area contributed by atoms with Gasteiger partial charge >= 0.3 is 0 Å². The number of hydrogen-bond donors (Lipinski definition) is 3. The smallest absolute Gasteiger partial charge is 0.271 e. The lowest BCUT2D eigenvalue weighted by Gasteiger charge is -2.15. The Labute approximate surface area is 230 Å². The lowest BCUT2D eigenvalue weighted by molar-refractivity contribution is 0.0946. The quantitative estimate of drug-likeness (QED) is 0.233. The zero-order valence-electron chi connectivity index (χ0n) is 20.4. The molecule has 1 aliphatic heterocycles. The molecule has 3 aromatic rings. The molecule has 13 heteroatoms. The summed E-state index contributed by atoms with van der Waals surface area (Å²) in [5, 5.41) is 19.0. The Morgan fingerprint density at radius 1 is 1.13 bits per heavy atom. The summed E-state index contributed by atoms with van der Waals surface area (Å²) in [6.45, 7) is 4.51. The van der Waals surface area contributed by atoms with Crippen LogP contribution in [0.4, 0.5) is 5.95 Å².